The Bertz CT molecular complexity index is 1290. The summed E-state index contributed by atoms with van der Waals surface area (Å²) in [5, 5.41) is 8.07. The molecule has 1 N–H and O–H groups in total. The molecule has 0 aliphatic heterocycles. The van der Waals surface area contributed by atoms with Gasteiger partial charge in [0.25, 0.3) is 0 Å². The molecule has 1 atom stereocenters. The van der Waals surface area contributed by atoms with Crippen molar-refractivity contribution in [3.8, 4) is 17.0 Å². The van der Waals surface area contributed by atoms with Crippen LogP contribution in [-0.4, -0.2) is 49.6 Å². The molecule has 0 bridgehead atoms. The number of hydrogen-bond donors (Lipinski definition) is 1. The second kappa shape index (κ2) is 8.82. The predicted molar refractivity (Wildman–Crippen MR) is 124 cm³/mol. The van der Waals surface area contributed by atoms with Gasteiger partial charge in [0.05, 0.1) is 13.2 Å². The SMILES string of the molecule is C=C(C)C(F)OC1CCC(Nc2nc(OC)c3c(-c4ccc5nccn5c4)ccn3n2)CC1. The van der Waals surface area contributed by atoms with Crippen molar-refractivity contribution < 1.29 is 13.9 Å². The highest BCUT2D eigenvalue weighted by Crippen LogP contribution is 2.32. The number of ether oxygens (including phenoxy) is 2. The second-order valence-corrected chi connectivity index (χ2v) is 8.49. The van der Waals surface area contributed by atoms with Crippen molar-refractivity contribution in [2.45, 2.75) is 51.1 Å². The first-order chi connectivity index (χ1) is 16.0. The topological polar surface area (TPSA) is 78.0 Å². The van der Waals surface area contributed by atoms with E-state index in [4.69, 9.17) is 9.47 Å². The van der Waals surface area contributed by atoms with Gasteiger partial charge in [-0.25, -0.2) is 13.9 Å². The molecular formula is C24H27FN6O2. The van der Waals surface area contributed by atoms with Crippen molar-refractivity contribution in [3.05, 3.63) is 55.1 Å². The van der Waals surface area contributed by atoms with E-state index in [0.717, 1.165) is 48.0 Å². The average Bonchev–Trinajstić information content (AvgIpc) is 3.46. The van der Waals surface area contributed by atoms with Crippen LogP contribution in [-0.2, 0) is 4.74 Å². The van der Waals surface area contributed by atoms with Gasteiger partial charge in [-0.15, -0.1) is 5.10 Å². The molecule has 1 aliphatic carbocycles. The fourth-order valence-electron chi connectivity index (χ4n) is 4.32. The summed E-state index contributed by atoms with van der Waals surface area (Å²) >= 11 is 0. The molecule has 0 radical (unpaired) electrons. The Hall–Kier alpha value is -3.46. The molecule has 4 aromatic heterocycles. The summed E-state index contributed by atoms with van der Waals surface area (Å²) in [6.45, 7) is 5.26. The molecule has 1 aliphatic rings. The van der Waals surface area contributed by atoms with E-state index in [2.05, 4.69) is 27.0 Å². The Balaban J connectivity index is 1.34. The minimum Gasteiger partial charge on any atom is -0.479 e. The molecule has 0 amide bonds. The van der Waals surface area contributed by atoms with E-state index in [1.54, 1.807) is 24.7 Å². The molecule has 33 heavy (non-hydrogen) atoms. The number of alkyl halides is 1. The van der Waals surface area contributed by atoms with Gasteiger partial charge in [-0.2, -0.15) is 4.98 Å². The van der Waals surface area contributed by atoms with Gasteiger partial charge >= 0.3 is 0 Å². The molecular weight excluding hydrogens is 423 g/mol. The summed E-state index contributed by atoms with van der Waals surface area (Å²) in [4.78, 5) is 8.93. The average molecular weight is 451 g/mol. The summed E-state index contributed by atoms with van der Waals surface area (Å²) in [7, 11) is 1.61. The maximum absolute atomic E-state index is 13.8. The van der Waals surface area contributed by atoms with Crippen molar-refractivity contribution in [1.82, 2.24) is 24.0 Å². The van der Waals surface area contributed by atoms with Crippen LogP contribution in [0.2, 0.25) is 0 Å². The second-order valence-electron chi connectivity index (χ2n) is 8.49. The fourth-order valence-corrected chi connectivity index (χ4v) is 4.32. The van der Waals surface area contributed by atoms with E-state index in [1.165, 1.54) is 0 Å². The van der Waals surface area contributed by atoms with Gasteiger partial charge in [0.15, 0.2) is 0 Å². The van der Waals surface area contributed by atoms with Crippen LogP contribution < -0.4 is 10.1 Å². The molecule has 8 nitrogen and oxygen atoms in total. The molecule has 1 unspecified atom stereocenters. The summed E-state index contributed by atoms with van der Waals surface area (Å²) < 4.78 is 28.6. The first-order valence-electron chi connectivity index (χ1n) is 11.1. The lowest BCUT2D eigenvalue weighted by atomic mass is 9.93. The first-order valence-corrected chi connectivity index (χ1v) is 11.1. The number of nitrogens with one attached hydrogen (secondary N) is 1. The normalized spacial score (nSPS) is 19.6. The highest BCUT2D eigenvalue weighted by atomic mass is 19.1. The number of methoxy groups -OCH3 is 1. The van der Waals surface area contributed by atoms with Gasteiger partial charge in [0, 0.05) is 42.0 Å². The predicted octanol–water partition coefficient (Wildman–Crippen LogP) is 4.66. The van der Waals surface area contributed by atoms with Crippen molar-refractivity contribution in [1.29, 1.82) is 0 Å². The van der Waals surface area contributed by atoms with E-state index < -0.39 is 6.36 Å². The molecule has 172 valence electrons. The van der Waals surface area contributed by atoms with Crippen molar-refractivity contribution in [2.75, 3.05) is 12.4 Å². The van der Waals surface area contributed by atoms with Crippen molar-refractivity contribution in [2.24, 2.45) is 0 Å². The van der Waals surface area contributed by atoms with Crippen molar-refractivity contribution >= 4 is 17.1 Å². The van der Waals surface area contributed by atoms with Crippen LogP contribution in [0.15, 0.2) is 55.1 Å². The van der Waals surface area contributed by atoms with Gasteiger partial charge in [0.1, 0.15) is 11.2 Å². The Morgan fingerprint density at radius 3 is 2.79 bits per heavy atom. The lowest BCUT2D eigenvalue weighted by Gasteiger charge is -2.30. The molecule has 1 saturated carbocycles. The number of pyridine rings is 1. The largest absolute Gasteiger partial charge is 0.479 e. The Labute approximate surface area is 191 Å². The molecule has 9 heteroatoms. The van der Waals surface area contributed by atoms with E-state index in [0.29, 0.717) is 17.4 Å². The Morgan fingerprint density at radius 2 is 2.03 bits per heavy atom. The van der Waals surface area contributed by atoms with Gasteiger partial charge < -0.3 is 19.2 Å². The van der Waals surface area contributed by atoms with E-state index >= 15 is 0 Å². The lowest BCUT2D eigenvalue weighted by molar-refractivity contribution is -0.0758. The molecule has 1 fully saturated rings. The van der Waals surface area contributed by atoms with Gasteiger partial charge in [-0.05, 0) is 56.4 Å². The molecule has 4 aromatic rings. The van der Waals surface area contributed by atoms with Crippen LogP contribution in [0, 0.1) is 0 Å². The van der Waals surface area contributed by atoms with E-state index in [1.807, 2.05) is 41.2 Å². The number of aromatic nitrogens is 5. The molecule has 0 saturated heterocycles. The summed E-state index contributed by atoms with van der Waals surface area (Å²) in [5.74, 6) is 0.998. The highest BCUT2D eigenvalue weighted by molar-refractivity contribution is 5.84. The van der Waals surface area contributed by atoms with Crippen LogP contribution in [0.25, 0.3) is 22.3 Å². The third-order valence-electron chi connectivity index (χ3n) is 6.08. The third kappa shape index (κ3) is 4.28. The number of halogens is 1. The molecule has 0 aromatic carbocycles. The van der Waals surface area contributed by atoms with Gasteiger partial charge in [-0.1, -0.05) is 6.58 Å². The molecule has 4 heterocycles. The van der Waals surface area contributed by atoms with Gasteiger partial charge in [-0.3, -0.25) is 0 Å². The van der Waals surface area contributed by atoms with Crippen molar-refractivity contribution in [3.63, 3.8) is 0 Å². The standard InChI is InChI=1S/C24H27FN6O2/c1-15(2)22(25)33-18-7-5-17(6-8-18)27-24-28-23(32-3)21-19(10-12-31(21)29-24)16-4-9-20-26-11-13-30(20)14-16/h4,9-14,17-18,22H,1,5-8H2,2-3H3,(H,27,29). The molecule has 0 spiro atoms. The number of fused-ring (bicyclic) bond motifs is 2. The minimum absolute atomic E-state index is 0.0903. The van der Waals surface area contributed by atoms with E-state index in [-0.39, 0.29) is 12.1 Å². The Morgan fingerprint density at radius 1 is 1.21 bits per heavy atom. The van der Waals surface area contributed by atoms with Crippen LogP contribution in [0.5, 0.6) is 5.88 Å². The Kier molecular flexibility index (Phi) is 5.72. The number of anilines is 1. The zero-order chi connectivity index (χ0) is 22.9. The summed E-state index contributed by atoms with van der Waals surface area (Å²) in [6.07, 6.45) is 9.37. The maximum Gasteiger partial charge on any atom is 0.244 e. The van der Waals surface area contributed by atoms with Crippen LogP contribution in [0.1, 0.15) is 32.6 Å². The number of nitrogens with zero attached hydrogens (tertiary/aromatic N) is 5. The van der Waals surface area contributed by atoms with E-state index in [9.17, 15) is 4.39 Å². The van der Waals surface area contributed by atoms with Crippen LogP contribution in [0.4, 0.5) is 10.3 Å². The monoisotopic (exact) mass is 450 g/mol. The van der Waals surface area contributed by atoms with Gasteiger partial charge in [0.2, 0.25) is 18.2 Å². The summed E-state index contributed by atoms with van der Waals surface area (Å²) in [6, 6.07) is 6.20. The fraction of sp³-hybridized carbons (Fsp3) is 0.375. The third-order valence-corrected chi connectivity index (χ3v) is 6.08. The zero-order valence-corrected chi connectivity index (χ0v) is 18.7. The quantitative estimate of drug-likeness (QED) is 0.413. The smallest absolute Gasteiger partial charge is 0.244 e. The zero-order valence-electron chi connectivity index (χ0n) is 18.7. The minimum atomic E-state index is -1.40. The first kappa shape index (κ1) is 21.4. The maximum atomic E-state index is 13.8. The highest BCUT2D eigenvalue weighted by Gasteiger charge is 2.25. The number of rotatable bonds is 7. The van der Waals surface area contributed by atoms with Crippen LogP contribution in [0.3, 0.4) is 0 Å². The summed E-state index contributed by atoms with van der Waals surface area (Å²) in [5.41, 5.74) is 4.09. The number of hydrogen-bond acceptors (Lipinski definition) is 6. The number of imidazole rings is 1. The molecule has 5 rings (SSSR count). The van der Waals surface area contributed by atoms with Crippen LogP contribution >= 0.6 is 0 Å². The lowest BCUT2D eigenvalue weighted by Crippen LogP contribution is -2.32.